The highest BCUT2D eigenvalue weighted by atomic mass is 32.1. The Morgan fingerprint density at radius 1 is 1.12 bits per heavy atom. The second-order valence-electron chi connectivity index (χ2n) is 11.0. The van der Waals surface area contributed by atoms with Crippen LogP contribution in [0.3, 0.4) is 0 Å². The molecule has 1 aromatic carbocycles. The number of carboxylic acid groups (broad SMARTS) is 1. The number of carbonyl (C=O) groups excluding carboxylic acids is 2. The molecule has 6 atom stereocenters. The van der Waals surface area contributed by atoms with Gasteiger partial charge in [0.15, 0.2) is 0 Å². The Bertz CT molecular complexity index is 1090. The number of nitrogens with two attached hydrogens (primary N) is 1. The number of aromatic nitrogens is 1. The fourth-order valence-electron chi connectivity index (χ4n) is 4.71. The van der Waals surface area contributed by atoms with Crippen LogP contribution in [0.2, 0.25) is 0 Å². The molecule has 9 nitrogen and oxygen atoms in total. The van der Waals surface area contributed by atoms with Crippen molar-refractivity contribution in [3.05, 3.63) is 52.0 Å². The van der Waals surface area contributed by atoms with E-state index in [0.717, 1.165) is 12.0 Å². The van der Waals surface area contributed by atoms with Crippen LogP contribution in [-0.2, 0) is 20.7 Å². The van der Waals surface area contributed by atoms with Gasteiger partial charge in [0.25, 0.3) is 5.91 Å². The summed E-state index contributed by atoms with van der Waals surface area (Å²) in [5, 5.41) is 14.7. The van der Waals surface area contributed by atoms with E-state index in [2.05, 4.69) is 24.1 Å². The van der Waals surface area contributed by atoms with Crippen LogP contribution in [0.4, 0.5) is 0 Å². The molecule has 0 aliphatic heterocycles. The maximum Gasteiger partial charge on any atom is 0.306 e. The molecule has 0 aliphatic rings. The molecule has 0 saturated carbocycles. The van der Waals surface area contributed by atoms with Crippen molar-refractivity contribution >= 4 is 29.1 Å². The van der Waals surface area contributed by atoms with Crippen LogP contribution in [0.1, 0.15) is 81.0 Å². The largest absolute Gasteiger partial charge is 0.481 e. The molecule has 10 heteroatoms. The van der Waals surface area contributed by atoms with Crippen molar-refractivity contribution < 1.29 is 24.2 Å². The highest BCUT2D eigenvalue weighted by Gasteiger charge is 2.32. The summed E-state index contributed by atoms with van der Waals surface area (Å²) in [4.78, 5) is 44.1. The molecule has 0 spiro atoms. The van der Waals surface area contributed by atoms with Crippen molar-refractivity contribution in [1.29, 1.82) is 0 Å². The van der Waals surface area contributed by atoms with E-state index in [0.29, 0.717) is 24.3 Å². The first-order valence-electron chi connectivity index (χ1n) is 14.0. The first-order chi connectivity index (χ1) is 18.9. The molecule has 0 bridgehead atoms. The molecular formula is C30H46N4O5S. The van der Waals surface area contributed by atoms with Gasteiger partial charge in [0.05, 0.1) is 12.0 Å². The topological polar surface area (TPSA) is 135 Å². The van der Waals surface area contributed by atoms with Crippen LogP contribution < -0.4 is 11.1 Å². The number of ether oxygens (including phenoxy) is 1. The number of amides is 2. The summed E-state index contributed by atoms with van der Waals surface area (Å²) in [7, 11) is 3.38. The zero-order valence-corrected chi connectivity index (χ0v) is 25.6. The number of nitrogens with zero attached hydrogens (tertiary/aromatic N) is 2. The molecule has 2 unspecified atom stereocenters. The average Bonchev–Trinajstić information content (AvgIpc) is 3.42. The minimum atomic E-state index is -0.903. The van der Waals surface area contributed by atoms with E-state index in [9.17, 15) is 19.5 Å². The minimum Gasteiger partial charge on any atom is -0.481 e. The SMILES string of the molecule is CC[C@H](C)[C@H](N)C(=O)N(C)[C@H](C[C@@H](OC)c1nc(C(=O)NC(Cc2ccccc2)CC(C)C(=O)O)cs1)C(C)C. The maximum atomic E-state index is 13.2. The molecular weight excluding hydrogens is 528 g/mol. The lowest BCUT2D eigenvalue weighted by atomic mass is 9.93. The third-order valence-electron chi connectivity index (χ3n) is 7.65. The quantitative estimate of drug-likeness (QED) is 0.268. The molecule has 1 aromatic heterocycles. The van der Waals surface area contributed by atoms with Gasteiger partial charge in [0.1, 0.15) is 16.8 Å². The van der Waals surface area contributed by atoms with E-state index in [1.165, 1.54) is 11.3 Å². The Balaban J connectivity index is 2.17. The van der Waals surface area contributed by atoms with Gasteiger partial charge in [-0.2, -0.15) is 0 Å². The molecule has 0 radical (unpaired) electrons. The predicted molar refractivity (Wildman–Crippen MR) is 158 cm³/mol. The highest BCUT2D eigenvalue weighted by molar-refractivity contribution is 7.09. The number of methoxy groups -OCH3 is 1. The first kappa shape index (κ1) is 33.4. The van der Waals surface area contributed by atoms with E-state index in [1.54, 1.807) is 31.4 Å². The van der Waals surface area contributed by atoms with Crippen LogP contribution >= 0.6 is 11.3 Å². The zero-order valence-electron chi connectivity index (χ0n) is 24.8. The molecule has 2 aromatic rings. The predicted octanol–water partition coefficient (Wildman–Crippen LogP) is 4.53. The summed E-state index contributed by atoms with van der Waals surface area (Å²) in [6.07, 6.45) is 1.71. The number of carbonyl (C=O) groups is 3. The fraction of sp³-hybridized carbons (Fsp3) is 0.600. The van der Waals surface area contributed by atoms with Gasteiger partial charge < -0.3 is 25.8 Å². The van der Waals surface area contributed by atoms with Gasteiger partial charge in [0, 0.05) is 38.0 Å². The Labute approximate surface area is 242 Å². The fourth-order valence-corrected chi connectivity index (χ4v) is 5.60. The Kier molecular flexibility index (Phi) is 13.2. The molecule has 40 heavy (non-hydrogen) atoms. The molecule has 2 rings (SSSR count). The van der Waals surface area contributed by atoms with Crippen LogP contribution in [0, 0.1) is 17.8 Å². The number of hydrogen-bond acceptors (Lipinski definition) is 7. The van der Waals surface area contributed by atoms with Crippen molar-refractivity contribution in [2.75, 3.05) is 14.2 Å². The van der Waals surface area contributed by atoms with Crippen molar-refractivity contribution in [3.63, 3.8) is 0 Å². The maximum absolute atomic E-state index is 13.2. The Morgan fingerprint density at radius 3 is 2.33 bits per heavy atom. The van der Waals surface area contributed by atoms with E-state index >= 15 is 0 Å². The lowest BCUT2D eigenvalue weighted by Crippen LogP contribution is -2.51. The van der Waals surface area contributed by atoms with E-state index in [4.69, 9.17) is 10.5 Å². The average molecular weight is 575 g/mol. The minimum absolute atomic E-state index is 0.0743. The van der Waals surface area contributed by atoms with E-state index in [1.807, 2.05) is 44.2 Å². The Hall–Kier alpha value is -2.82. The molecule has 4 N–H and O–H groups in total. The van der Waals surface area contributed by atoms with Gasteiger partial charge in [-0.25, -0.2) is 4.98 Å². The van der Waals surface area contributed by atoms with Crippen molar-refractivity contribution in [1.82, 2.24) is 15.2 Å². The summed E-state index contributed by atoms with van der Waals surface area (Å²) in [5.41, 5.74) is 7.51. The number of aliphatic carboxylic acids is 1. The third-order valence-corrected chi connectivity index (χ3v) is 8.58. The van der Waals surface area contributed by atoms with Gasteiger partial charge >= 0.3 is 5.97 Å². The Morgan fingerprint density at radius 2 is 1.77 bits per heavy atom. The summed E-state index contributed by atoms with van der Waals surface area (Å²) in [5.74, 6) is -1.75. The molecule has 0 aliphatic carbocycles. The van der Waals surface area contributed by atoms with Gasteiger partial charge in [-0.05, 0) is 30.2 Å². The van der Waals surface area contributed by atoms with Crippen molar-refractivity contribution in [3.8, 4) is 0 Å². The molecule has 0 saturated heterocycles. The van der Waals surface area contributed by atoms with Gasteiger partial charge in [-0.3, -0.25) is 14.4 Å². The van der Waals surface area contributed by atoms with Crippen LogP contribution in [0.25, 0.3) is 0 Å². The lowest BCUT2D eigenvalue weighted by molar-refractivity contribution is -0.141. The second kappa shape index (κ2) is 15.8. The van der Waals surface area contributed by atoms with E-state index in [-0.39, 0.29) is 41.4 Å². The lowest BCUT2D eigenvalue weighted by Gasteiger charge is -2.35. The molecule has 222 valence electrons. The first-order valence-corrected chi connectivity index (χ1v) is 14.8. The van der Waals surface area contributed by atoms with Gasteiger partial charge in [-0.1, -0.05) is 71.4 Å². The van der Waals surface area contributed by atoms with Gasteiger partial charge in [0.2, 0.25) is 5.91 Å². The number of likely N-dealkylation sites (N-methyl/N-ethyl adjacent to an activating group) is 1. The highest BCUT2D eigenvalue weighted by Crippen LogP contribution is 2.30. The van der Waals surface area contributed by atoms with E-state index < -0.39 is 24.0 Å². The monoisotopic (exact) mass is 574 g/mol. The smallest absolute Gasteiger partial charge is 0.306 e. The number of benzene rings is 1. The standard InChI is InChI=1S/C30H46N4O5S/c1-8-19(4)26(31)29(36)34(6)24(18(2)3)16-25(39-7)28-33-23(17-40-28)27(35)32-22(14-20(5)30(37)38)15-21-12-10-9-11-13-21/h9-13,17-20,22,24-26H,8,14-16,31H2,1-7H3,(H,32,35)(H,37,38)/t19-,20?,22?,24+,25+,26-/m0/s1. The molecule has 1 heterocycles. The number of nitrogens with one attached hydrogen (secondary N) is 1. The molecule has 0 fully saturated rings. The summed E-state index contributed by atoms with van der Waals surface area (Å²) in [6, 6.07) is 8.58. The van der Waals surface area contributed by atoms with Gasteiger partial charge in [-0.15, -0.1) is 11.3 Å². The third kappa shape index (κ3) is 9.38. The van der Waals surface area contributed by atoms with Crippen molar-refractivity contribution in [2.24, 2.45) is 23.5 Å². The molecule has 2 amide bonds. The van der Waals surface area contributed by atoms with Crippen LogP contribution in [0.5, 0.6) is 0 Å². The summed E-state index contributed by atoms with van der Waals surface area (Å²) in [6.45, 7) is 9.75. The number of hydrogen-bond donors (Lipinski definition) is 3. The summed E-state index contributed by atoms with van der Waals surface area (Å²) < 4.78 is 5.79. The number of carboxylic acids is 1. The van der Waals surface area contributed by atoms with Crippen molar-refractivity contribution in [2.45, 2.75) is 84.5 Å². The zero-order chi connectivity index (χ0) is 30.0. The van der Waals surface area contributed by atoms with Crippen LogP contribution in [0.15, 0.2) is 35.7 Å². The number of rotatable bonds is 16. The normalized spacial score (nSPS) is 16.0. The second-order valence-corrected chi connectivity index (χ2v) is 11.9. The number of thiazole rings is 1. The summed E-state index contributed by atoms with van der Waals surface area (Å²) >= 11 is 1.33. The van der Waals surface area contributed by atoms with Crippen LogP contribution in [-0.4, -0.2) is 65.1 Å².